The molecule has 106 valence electrons. The van der Waals surface area contributed by atoms with Gasteiger partial charge in [-0.3, -0.25) is 9.48 Å². The molecule has 0 fully saturated rings. The first-order chi connectivity index (χ1) is 8.65. The van der Waals surface area contributed by atoms with Crippen molar-refractivity contribution in [1.29, 1.82) is 0 Å². The van der Waals surface area contributed by atoms with E-state index in [0.29, 0.717) is 0 Å². The van der Waals surface area contributed by atoms with Gasteiger partial charge in [0, 0.05) is 24.4 Å². The first-order valence-corrected chi connectivity index (χ1v) is 6.33. The Balaban J connectivity index is 2.80. The lowest BCUT2D eigenvalue weighted by Gasteiger charge is -2.28. The van der Waals surface area contributed by atoms with E-state index >= 15 is 0 Å². The van der Waals surface area contributed by atoms with Crippen molar-refractivity contribution in [3.63, 3.8) is 0 Å². The minimum absolute atomic E-state index is 0.228. The number of aliphatic hydroxyl groups is 1. The van der Waals surface area contributed by atoms with Crippen LogP contribution in [-0.2, 0) is 11.8 Å². The first kappa shape index (κ1) is 15.4. The van der Waals surface area contributed by atoms with Gasteiger partial charge in [-0.1, -0.05) is 0 Å². The van der Waals surface area contributed by atoms with Crippen molar-refractivity contribution in [1.82, 2.24) is 15.1 Å². The third-order valence-electron chi connectivity index (χ3n) is 3.46. The van der Waals surface area contributed by atoms with Crippen LogP contribution >= 0.6 is 0 Å². The molecule has 19 heavy (non-hydrogen) atoms. The number of rotatable bonds is 4. The van der Waals surface area contributed by atoms with Gasteiger partial charge in [-0.15, -0.1) is 0 Å². The molecule has 1 rings (SSSR count). The second-order valence-electron chi connectivity index (χ2n) is 5.43. The van der Waals surface area contributed by atoms with Gasteiger partial charge in [0.15, 0.2) is 0 Å². The molecular formula is C14H23N3O2. The summed E-state index contributed by atoms with van der Waals surface area (Å²) in [6.07, 6.45) is 2.61. The maximum Gasteiger partial charge on any atom is 0.244 e. The largest absolute Gasteiger partial charge is 0.391 e. The number of hydrogen-bond donors (Lipinski definition) is 2. The highest BCUT2D eigenvalue weighted by molar-refractivity contribution is 5.92. The third kappa shape index (κ3) is 3.67. The highest BCUT2D eigenvalue weighted by Crippen LogP contribution is 2.14. The number of hydrogen-bond acceptors (Lipinski definition) is 3. The molecule has 1 atom stereocenters. The Labute approximate surface area is 114 Å². The van der Waals surface area contributed by atoms with E-state index in [2.05, 4.69) is 10.4 Å². The molecule has 5 nitrogen and oxygen atoms in total. The number of aliphatic hydroxyl groups excluding tert-OH is 1. The predicted molar refractivity (Wildman–Crippen MR) is 75.6 cm³/mol. The van der Waals surface area contributed by atoms with Crippen molar-refractivity contribution in [2.75, 3.05) is 0 Å². The fourth-order valence-corrected chi connectivity index (χ4v) is 1.65. The summed E-state index contributed by atoms with van der Waals surface area (Å²) in [7, 11) is 1.87. The van der Waals surface area contributed by atoms with Crippen LogP contribution in [-0.4, -0.2) is 32.4 Å². The van der Waals surface area contributed by atoms with E-state index in [1.807, 2.05) is 20.9 Å². The maximum absolute atomic E-state index is 11.8. The molecule has 0 radical (unpaired) electrons. The molecule has 1 amide bonds. The fourth-order valence-electron chi connectivity index (χ4n) is 1.65. The quantitative estimate of drug-likeness (QED) is 0.807. The van der Waals surface area contributed by atoms with Crippen LogP contribution in [0.1, 0.15) is 37.7 Å². The summed E-state index contributed by atoms with van der Waals surface area (Å²) < 4.78 is 1.78. The van der Waals surface area contributed by atoms with Crippen LogP contribution in [0.2, 0.25) is 0 Å². The van der Waals surface area contributed by atoms with E-state index < -0.39 is 11.6 Å². The van der Waals surface area contributed by atoms with E-state index in [0.717, 1.165) is 17.0 Å². The molecule has 0 saturated carbocycles. The Bertz CT molecular complexity index is 499. The van der Waals surface area contributed by atoms with Gasteiger partial charge in [0.1, 0.15) is 0 Å². The van der Waals surface area contributed by atoms with Crippen molar-refractivity contribution < 1.29 is 9.90 Å². The zero-order valence-electron chi connectivity index (χ0n) is 12.5. The Morgan fingerprint density at radius 2 is 2.05 bits per heavy atom. The van der Waals surface area contributed by atoms with Crippen LogP contribution < -0.4 is 5.32 Å². The summed E-state index contributed by atoms with van der Waals surface area (Å²) in [5.41, 5.74) is 2.20. The molecule has 0 spiro atoms. The Kier molecular flexibility index (Phi) is 4.52. The molecule has 1 aromatic heterocycles. The number of amides is 1. The van der Waals surface area contributed by atoms with Gasteiger partial charge in [0.05, 0.1) is 17.3 Å². The summed E-state index contributed by atoms with van der Waals surface area (Å²) >= 11 is 0. The standard InChI is InChI=1S/C14H23N3O2/c1-9-12(10(2)17(6)16-9)7-8-13(19)15-14(4,5)11(3)18/h7-8,11,18H,1-6H3,(H,15,19)/b8-7+. The van der Waals surface area contributed by atoms with Crippen molar-refractivity contribution in [2.45, 2.75) is 46.3 Å². The Morgan fingerprint density at radius 3 is 2.47 bits per heavy atom. The van der Waals surface area contributed by atoms with Gasteiger partial charge >= 0.3 is 0 Å². The van der Waals surface area contributed by atoms with E-state index in [1.54, 1.807) is 31.5 Å². The predicted octanol–water partition coefficient (Wildman–Crippen LogP) is 1.33. The zero-order valence-corrected chi connectivity index (χ0v) is 12.5. The van der Waals surface area contributed by atoms with E-state index in [-0.39, 0.29) is 5.91 Å². The van der Waals surface area contributed by atoms with Gasteiger partial charge in [-0.05, 0) is 40.7 Å². The molecule has 5 heteroatoms. The lowest BCUT2D eigenvalue weighted by molar-refractivity contribution is -0.119. The van der Waals surface area contributed by atoms with Gasteiger partial charge < -0.3 is 10.4 Å². The molecule has 0 aliphatic carbocycles. The smallest absolute Gasteiger partial charge is 0.244 e. The van der Waals surface area contributed by atoms with Crippen LogP contribution in [0.15, 0.2) is 6.08 Å². The molecular weight excluding hydrogens is 242 g/mol. The number of carbonyl (C=O) groups is 1. The third-order valence-corrected chi connectivity index (χ3v) is 3.46. The molecule has 1 unspecified atom stereocenters. The minimum atomic E-state index is -0.652. The van der Waals surface area contributed by atoms with Crippen molar-refractivity contribution in [3.05, 3.63) is 23.0 Å². The molecule has 1 aromatic rings. The molecule has 0 aliphatic rings. The van der Waals surface area contributed by atoms with Gasteiger partial charge in [0.25, 0.3) is 0 Å². The summed E-state index contributed by atoms with van der Waals surface area (Å²) in [5.74, 6) is -0.228. The second kappa shape index (κ2) is 5.57. The molecule has 0 saturated heterocycles. The van der Waals surface area contributed by atoms with Crippen molar-refractivity contribution >= 4 is 12.0 Å². The highest BCUT2D eigenvalue weighted by atomic mass is 16.3. The Hall–Kier alpha value is -1.62. The van der Waals surface area contributed by atoms with Gasteiger partial charge in [-0.25, -0.2) is 0 Å². The fraction of sp³-hybridized carbons (Fsp3) is 0.571. The number of aryl methyl sites for hydroxylation is 2. The molecule has 0 aromatic carbocycles. The average molecular weight is 265 g/mol. The van der Waals surface area contributed by atoms with Gasteiger partial charge in [0.2, 0.25) is 5.91 Å². The molecule has 0 aliphatic heterocycles. The molecule has 1 heterocycles. The number of carbonyl (C=O) groups excluding carboxylic acids is 1. The molecule has 2 N–H and O–H groups in total. The van der Waals surface area contributed by atoms with E-state index in [1.165, 1.54) is 6.08 Å². The van der Waals surface area contributed by atoms with E-state index in [4.69, 9.17) is 0 Å². The van der Waals surface area contributed by atoms with Crippen LogP contribution in [0.5, 0.6) is 0 Å². The highest BCUT2D eigenvalue weighted by Gasteiger charge is 2.25. The number of aromatic nitrogens is 2. The number of nitrogens with zero attached hydrogens (tertiary/aromatic N) is 2. The summed E-state index contributed by atoms with van der Waals surface area (Å²) in [6, 6.07) is 0. The summed E-state index contributed by atoms with van der Waals surface area (Å²) in [5, 5.41) is 16.6. The monoisotopic (exact) mass is 265 g/mol. The number of nitrogens with one attached hydrogen (secondary N) is 1. The minimum Gasteiger partial charge on any atom is -0.391 e. The maximum atomic E-state index is 11.8. The summed E-state index contributed by atoms with van der Waals surface area (Å²) in [6.45, 7) is 9.08. The first-order valence-electron chi connectivity index (χ1n) is 6.33. The summed E-state index contributed by atoms with van der Waals surface area (Å²) in [4.78, 5) is 11.8. The second-order valence-corrected chi connectivity index (χ2v) is 5.43. The Morgan fingerprint density at radius 1 is 1.47 bits per heavy atom. The van der Waals surface area contributed by atoms with E-state index in [9.17, 15) is 9.90 Å². The lowest BCUT2D eigenvalue weighted by atomic mass is 9.99. The van der Waals surface area contributed by atoms with Crippen molar-refractivity contribution in [3.8, 4) is 0 Å². The normalized spacial score (nSPS) is 13.8. The molecule has 0 bridgehead atoms. The van der Waals surface area contributed by atoms with Crippen LogP contribution in [0.3, 0.4) is 0 Å². The average Bonchev–Trinajstić information content (AvgIpc) is 2.50. The van der Waals surface area contributed by atoms with Gasteiger partial charge in [-0.2, -0.15) is 5.10 Å². The van der Waals surface area contributed by atoms with Crippen LogP contribution in [0.25, 0.3) is 6.08 Å². The van der Waals surface area contributed by atoms with Crippen LogP contribution in [0, 0.1) is 13.8 Å². The van der Waals surface area contributed by atoms with Crippen LogP contribution in [0.4, 0.5) is 0 Å². The SMILES string of the molecule is Cc1nn(C)c(C)c1/C=C/C(=O)NC(C)(C)C(C)O. The van der Waals surface area contributed by atoms with Crippen molar-refractivity contribution in [2.24, 2.45) is 7.05 Å². The zero-order chi connectivity index (χ0) is 14.8. The lowest BCUT2D eigenvalue weighted by Crippen LogP contribution is -2.50. The topological polar surface area (TPSA) is 67.2 Å².